The molecule has 4 fully saturated rings. The third kappa shape index (κ3) is 11.3. The third-order valence-corrected chi connectivity index (χ3v) is 19.8. The van der Waals surface area contributed by atoms with E-state index >= 15 is 4.39 Å². The molecule has 2 aliphatic carbocycles. The standard InChI is InChI=1S/C64H78ClFN6O15/c1-30-12-11-13-31(2)61(81)68-49-41(56(78)45-46(57(49)79)54(76)35(6)59-47(45)60(80)63(8,87-59)85-25-19-44(84-10)32(3)58(86-36(7)73)34(5)53(75)33(4)52(30)74)27-67-71-23-17-38(18-24-71)69(9)64(20-21-64)37-16-22-70(28-37)51-43(66)26-40-50(48(51)65)72(39-14-15-39)29-42(55(40)77)62(82)83/h11-13,19,25-27,29-30,32-34,37-39,44,52-53,58,74-76,78-79H,14-18,20-24,28H2,1-10H3,(H,68,81)(H,82,83)/b12-11+,25-19+,31-13-,67-27+/t30-,32-,33-,34-,37?,44+,52+,53-,58-,63+/m1/s1. The van der Waals surface area contributed by atoms with Gasteiger partial charge in [-0.15, -0.1) is 0 Å². The minimum Gasteiger partial charge on any atom is -0.507 e. The van der Waals surface area contributed by atoms with Crippen molar-refractivity contribution in [2.45, 2.75) is 148 Å². The highest BCUT2D eigenvalue weighted by Gasteiger charge is 2.56. The molecule has 11 rings (SSSR count). The number of methoxy groups -OCH3 is 1. The Kier molecular flexibility index (Phi) is 17.4. The van der Waals surface area contributed by atoms with Gasteiger partial charge in [0.1, 0.15) is 34.7 Å². The molecule has 87 heavy (non-hydrogen) atoms. The van der Waals surface area contributed by atoms with Crippen LogP contribution in [0.15, 0.2) is 58.3 Å². The smallest absolute Gasteiger partial charge is 0.341 e. The summed E-state index contributed by atoms with van der Waals surface area (Å²) in [5, 5.41) is 78.4. The normalized spacial score (nSPS) is 29.6. The Labute approximate surface area is 508 Å². The molecule has 468 valence electrons. The van der Waals surface area contributed by atoms with Crippen LogP contribution in [0.3, 0.4) is 0 Å². The number of hydrogen-bond donors (Lipinski definition) is 7. The highest BCUT2D eigenvalue weighted by Crippen LogP contribution is 2.56. The van der Waals surface area contributed by atoms with E-state index in [1.54, 1.807) is 49.4 Å². The summed E-state index contributed by atoms with van der Waals surface area (Å²) >= 11 is 7.06. The number of phenols is 3. The number of carboxylic acid groups (broad SMARTS) is 1. The molecule has 4 aromatic rings. The molecule has 0 spiro atoms. The van der Waals surface area contributed by atoms with Crippen LogP contribution in [0.2, 0.25) is 5.02 Å². The Hall–Kier alpha value is -7.24. The number of halogens is 2. The Bertz CT molecular complexity index is 3640. The van der Waals surface area contributed by atoms with Crippen LogP contribution < -0.4 is 20.4 Å². The van der Waals surface area contributed by atoms with Crippen LogP contribution in [0.5, 0.6) is 23.0 Å². The number of allylic oxidation sites excluding steroid dienone is 2. The quantitative estimate of drug-likeness (QED) is 0.0338. The monoisotopic (exact) mass is 1220 g/mol. The van der Waals surface area contributed by atoms with E-state index in [-0.39, 0.29) is 84.1 Å². The molecule has 1 amide bonds. The van der Waals surface area contributed by atoms with Gasteiger partial charge in [-0.2, -0.15) is 5.10 Å². The lowest BCUT2D eigenvalue weighted by Crippen LogP contribution is -2.50. The number of carbonyl (C=O) groups excluding carboxylic acids is 3. The topological polar surface area (TPSA) is 283 Å². The van der Waals surface area contributed by atoms with Crippen molar-refractivity contribution in [2.24, 2.45) is 34.7 Å². The molecule has 7 N–H and O–H groups in total. The number of rotatable bonds is 10. The number of hydrazone groups is 1. The van der Waals surface area contributed by atoms with E-state index in [2.05, 4.69) is 17.3 Å². The van der Waals surface area contributed by atoms with Gasteiger partial charge in [0.15, 0.2) is 5.75 Å². The van der Waals surface area contributed by atoms with Crippen molar-refractivity contribution in [1.29, 1.82) is 0 Å². The number of nitrogens with one attached hydrogen (secondary N) is 1. The maximum Gasteiger partial charge on any atom is 0.341 e. The first kappa shape index (κ1) is 62.8. The van der Waals surface area contributed by atoms with E-state index in [1.165, 1.54) is 65.6 Å². The van der Waals surface area contributed by atoms with Gasteiger partial charge >= 0.3 is 17.7 Å². The first-order chi connectivity index (χ1) is 41.2. The number of aromatic hydroxyl groups is 3. The van der Waals surface area contributed by atoms with Crippen LogP contribution in [-0.2, 0) is 23.8 Å². The van der Waals surface area contributed by atoms with Crippen molar-refractivity contribution < 1.29 is 73.2 Å². The molecule has 6 heterocycles. The molecular formula is C64H78ClFN6O15. The number of Topliss-reactive ketones (excluding diaryl/α,β-unsaturated/α-hetero) is 1. The van der Waals surface area contributed by atoms with Gasteiger partial charge in [0.2, 0.25) is 5.43 Å². The van der Waals surface area contributed by atoms with Gasteiger partial charge in [-0.05, 0) is 83.9 Å². The van der Waals surface area contributed by atoms with Crippen molar-refractivity contribution in [3.63, 3.8) is 0 Å². The molecule has 5 aliphatic heterocycles. The number of ketones is 1. The fourth-order valence-electron chi connectivity index (χ4n) is 13.8. The zero-order valence-electron chi connectivity index (χ0n) is 50.6. The molecule has 0 radical (unpaired) electrons. The van der Waals surface area contributed by atoms with Crippen molar-refractivity contribution >= 4 is 74.5 Å². The molecular weight excluding hydrogens is 1150 g/mol. The van der Waals surface area contributed by atoms with E-state index in [4.69, 9.17) is 35.6 Å². The number of benzene rings is 3. The number of carboxylic acids is 1. The maximum atomic E-state index is 16.2. The second-order valence-corrected chi connectivity index (χ2v) is 25.3. The Morgan fingerprint density at radius 3 is 2.25 bits per heavy atom. The molecule has 21 nitrogen and oxygen atoms in total. The third-order valence-electron chi connectivity index (χ3n) is 19.5. The number of aliphatic hydroxyl groups excluding tert-OH is 2. The second-order valence-electron chi connectivity index (χ2n) is 24.9. The number of aromatic nitrogens is 1. The first-order valence-corrected chi connectivity index (χ1v) is 30.2. The molecule has 2 saturated heterocycles. The zero-order valence-corrected chi connectivity index (χ0v) is 51.4. The summed E-state index contributed by atoms with van der Waals surface area (Å²) in [6, 6.07) is 1.21. The summed E-state index contributed by atoms with van der Waals surface area (Å²) in [7, 11) is 3.55. The van der Waals surface area contributed by atoms with E-state index in [0.29, 0.717) is 44.5 Å². The summed E-state index contributed by atoms with van der Waals surface area (Å²) < 4.78 is 41.9. The van der Waals surface area contributed by atoms with Gasteiger partial charge in [-0.3, -0.25) is 29.1 Å². The van der Waals surface area contributed by atoms with E-state index < -0.39 is 112 Å². The number of esters is 1. The molecule has 5 bridgehead atoms. The number of phenolic OH excluding ortho intramolecular Hbond substituents is 3. The number of hydrogen-bond acceptors (Lipinski definition) is 18. The molecule has 23 heteroatoms. The van der Waals surface area contributed by atoms with Crippen LogP contribution >= 0.6 is 11.6 Å². The van der Waals surface area contributed by atoms with Crippen molar-refractivity contribution in [3.05, 3.63) is 91.7 Å². The molecule has 10 atom stereocenters. The largest absolute Gasteiger partial charge is 0.507 e. The number of piperidine rings is 1. The Balaban J connectivity index is 0.932. The van der Waals surface area contributed by atoms with Crippen LogP contribution in [-0.4, -0.2) is 157 Å². The molecule has 7 aliphatic rings. The first-order valence-electron chi connectivity index (χ1n) is 29.8. The maximum absolute atomic E-state index is 16.2. The van der Waals surface area contributed by atoms with Gasteiger partial charge < -0.3 is 64.4 Å². The van der Waals surface area contributed by atoms with E-state index in [1.807, 2.05) is 4.90 Å². The lowest BCUT2D eigenvalue weighted by atomic mass is 9.78. The minimum atomic E-state index is -2.12. The van der Waals surface area contributed by atoms with Gasteiger partial charge in [0.25, 0.3) is 11.7 Å². The Morgan fingerprint density at radius 2 is 1.62 bits per heavy atom. The summed E-state index contributed by atoms with van der Waals surface area (Å²) in [6.07, 6.45) is 11.5. The average Bonchev–Trinajstić information content (AvgIpc) is 1.69. The molecule has 2 saturated carbocycles. The predicted molar refractivity (Wildman–Crippen MR) is 324 cm³/mol. The molecule has 1 unspecified atom stereocenters. The number of nitrogens with zero attached hydrogens (tertiary/aromatic N) is 5. The summed E-state index contributed by atoms with van der Waals surface area (Å²) in [4.78, 5) is 71.2. The lowest BCUT2D eigenvalue weighted by Gasteiger charge is -2.42. The highest BCUT2D eigenvalue weighted by atomic mass is 35.5. The van der Waals surface area contributed by atoms with Crippen molar-refractivity contribution in [1.82, 2.24) is 14.5 Å². The van der Waals surface area contributed by atoms with E-state index in [0.717, 1.165) is 38.2 Å². The Morgan fingerprint density at radius 1 is 0.931 bits per heavy atom. The molecule has 1 aromatic heterocycles. The zero-order chi connectivity index (χ0) is 63.0. The van der Waals surface area contributed by atoms with Gasteiger partial charge in [-0.25, -0.2) is 9.18 Å². The van der Waals surface area contributed by atoms with Crippen molar-refractivity contribution in [2.75, 3.05) is 50.6 Å². The number of aromatic carboxylic acids is 1. The van der Waals surface area contributed by atoms with Gasteiger partial charge in [-0.1, -0.05) is 57.5 Å². The fraction of sp³-hybridized carbons (Fsp3) is 0.531. The van der Waals surface area contributed by atoms with Crippen LogP contribution in [0.25, 0.3) is 21.7 Å². The van der Waals surface area contributed by atoms with Crippen LogP contribution in [0.1, 0.15) is 131 Å². The number of aliphatic hydroxyl groups is 2. The number of amides is 1. The van der Waals surface area contributed by atoms with Gasteiger partial charge in [0, 0.05) is 111 Å². The van der Waals surface area contributed by atoms with Gasteiger partial charge in [0.05, 0.1) is 74.6 Å². The van der Waals surface area contributed by atoms with Crippen molar-refractivity contribution in [3.8, 4) is 23.0 Å². The van der Waals surface area contributed by atoms with E-state index in [9.17, 15) is 54.6 Å². The second kappa shape index (κ2) is 24.0. The molecule has 3 aromatic carbocycles. The highest BCUT2D eigenvalue weighted by molar-refractivity contribution is 6.38. The number of carbonyl (C=O) groups is 4. The number of anilines is 2. The fourth-order valence-corrected chi connectivity index (χ4v) is 14.2. The number of fused-ring (bicyclic) bond motifs is 15. The predicted octanol–water partition coefficient (Wildman–Crippen LogP) is 8.68. The van der Waals surface area contributed by atoms with Crippen LogP contribution in [0, 0.1) is 42.3 Å². The SMILES string of the molecule is CO[C@H]1/C=C/O[C@@]2(C)Oc3c(C)c(O)c4c(O)c(c(/C=N/N5CCC(N(C)C6(C7CCN(c8c(F)cc9c(=O)c(C(=O)O)cn(C%10CC%10)c9c8Cl)C7)CC6)CC5)c(O)c4c3C2=O)NC(=O)/C(C)=C\C=C\[C@@H](C)[C@H](O)[C@@H](C)[C@@H](O)[C@@H](C)[C@H](OC(C)=O)[C@@H]1C. The summed E-state index contributed by atoms with van der Waals surface area (Å²) in [6.45, 7) is 14.4. The lowest BCUT2D eigenvalue weighted by molar-refractivity contribution is -0.160. The summed E-state index contributed by atoms with van der Waals surface area (Å²) in [5.41, 5.74) is -1.42. The van der Waals surface area contributed by atoms with Crippen LogP contribution in [0.4, 0.5) is 15.8 Å². The number of ether oxygens (including phenoxy) is 4. The number of pyridine rings is 1. The summed E-state index contributed by atoms with van der Waals surface area (Å²) in [5.74, 6) is -10.8. The average molecular weight is 1230 g/mol. The minimum absolute atomic E-state index is 0.0162.